The Kier molecular flexibility index (Phi) is 6.92. The van der Waals surface area contributed by atoms with E-state index in [1.165, 1.54) is 23.2 Å². The first-order valence-electron chi connectivity index (χ1n) is 11.0. The van der Waals surface area contributed by atoms with Gasteiger partial charge < -0.3 is 10.1 Å². The molecule has 1 saturated heterocycles. The van der Waals surface area contributed by atoms with Gasteiger partial charge in [-0.25, -0.2) is 14.2 Å². The summed E-state index contributed by atoms with van der Waals surface area (Å²) in [5.74, 6) is 0.0000490. The Morgan fingerprint density at radius 2 is 1.85 bits per heavy atom. The summed E-state index contributed by atoms with van der Waals surface area (Å²) >= 11 is 0. The molecule has 1 aromatic carbocycles. The number of ether oxygens (including phenoxy) is 1. The van der Waals surface area contributed by atoms with Crippen molar-refractivity contribution in [1.82, 2.24) is 15.2 Å². The van der Waals surface area contributed by atoms with Gasteiger partial charge in [0.05, 0.1) is 12.2 Å². The first-order valence-corrected chi connectivity index (χ1v) is 11.0. The maximum absolute atomic E-state index is 14.0. The summed E-state index contributed by atoms with van der Waals surface area (Å²) in [5, 5.41) is 11.6. The Balaban J connectivity index is 0.00000274. The monoisotopic (exact) mass is 487 g/mol. The zero-order chi connectivity index (χ0) is 22.8. The number of halogens is 3. The fourth-order valence-electron chi connectivity index (χ4n) is 4.54. The van der Waals surface area contributed by atoms with Gasteiger partial charge in [-0.05, 0) is 68.0 Å². The normalized spacial score (nSPS) is 21.8. The van der Waals surface area contributed by atoms with Gasteiger partial charge in [0.25, 0.3) is 0 Å². The minimum absolute atomic E-state index is 0. The second kappa shape index (κ2) is 9.89. The molecular formula is C24H24ClF2N5O2. The van der Waals surface area contributed by atoms with Crippen LogP contribution in [-0.4, -0.2) is 40.0 Å². The predicted molar refractivity (Wildman–Crippen MR) is 126 cm³/mol. The second-order valence-electron chi connectivity index (χ2n) is 8.56. The largest absolute Gasteiger partial charge is 0.441 e. The predicted octanol–water partition coefficient (Wildman–Crippen LogP) is 5.24. The number of amides is 1. The molecule has 178 valence electrons. The van der Waals surface area contributed by atoms with E-state index in [1.54, 1.807) is 36.4 Å². The average Bonchev–Trinajstić information content (AvgIpc) is 3.15. The minimum Gasteiger partial charge on any atom is -0.441 e. The third kappa shape index (κ3) is 4.79. The van der Waals surface area contributed by atoms with Crippen LogP contribution in [0, 0.1) is 17.7 Å². The van der Waals surface area contributed by atoms with Crippen molar-refractivity contribution in [3.05, 3.63) is 66.5 Å². The van der Waals surface area contributed by atoms with E-state index < -0.39 is 17.6 Å². The van der Waals surface area contributed by atoms with E-state index in [4.69, 9.17) is 4.74 Å². The number of carbonyl (C=O) groups excluding carboxylic acids is 1. The van der Waals surface area contributed by atoms with Crippen molar-refractivity contribution in [3.63, 3.8) is 0 Å². The van der Waals surface area contributed by atoms with Crippen LogP contribution in [0.1, 0.15) is 25.7 Å². The zero-order valence-electron chi connectivity index (χ0n) is 18.3. The highest BCUT2D eigenvalue weighted by Crippen LogP contribution is 2.41. The molecule has 1 saturated carbocycles. The van der Waals surface area contributed by atoms with Gasteiger partial charge in [-0.3, -0.25) is 4.90 Å². The van der Waals surface area contributed by atoms with Crippen LogP contribution in [0.15, 0.2) is 54.7 Å². The lowest BCUT2D eigenvalue weighted by molar-refractivity contribution is 0.0148. The smallest absolute Gasteiger partial charge is 0.415 e. The molecule has 5 rings (SSSR count). The highest BCUT2D eigenvalue weighted by atomic mass is 35.5. The van der Waals surface area contributed by atoms with Gasteiger partial charge in [0.1, 0.15) is 22.9 Å². The Labute approximate surface area is 202 Å². The van der Waals surface area contributed by atoms with Gasteiger partial charge in [-0.2, -0.15) is 4.39 Å². The SMILES string of the molecule is Cl.O=C1OC2(CCC(CNc3ccc(-c4ccccc4F)nn3)CC2)CN1c1cccnc1F. The van der Waals surface area contributed by atoms with Gasteiger partial charge in [-0.15, -0.1) is 22.6 Å². The molecular weight excluding hydrogens is 464 g/mol. The van der Waals surface area contributed by atoms with Crippen molar-refractivity contribution in [2.24, 2.45) is 5.92 Å². The molecule has 0 bridgehead atoms. The number of benzene rings is 1. The summed E-state index contributed by atoms with van der Waals surface area (Å²) in [6, 6.07) is 13.1. The number of nitrogens with one attached hydrogen (secondary N) is 1. The summed E-state index contributed by atoms with van der Waals surface area (Å²) in [5.41, 5.74) is 0.466. The zero-order valence-corrected chi connectivity index (χ0v) is 19.1. The van der Waals surface area contributed by atoms with Gasteiger partial charge in [0, 0.05) is 18.3 Å². The van der Waals surface area contributed by atoms with Crippen LogP contribution in [0.4, 0.5) is 25.1 Å². The standard InChI is InChI=1S/C24H23F2N5O2.ClH/c25-18-5-2-1-4-17(18)19-7-8-21(30-29-19)28-14-16-9-11-24(12-10-16)15-31(23(32)33-24)20-6-3-13-27-22(20)26;/h1-8,13,16H,9-12,14-15H2,(H,28,30);1H. The first-order chi connectivity index (χ1) is 16.0. The quantitative estimate of drug-likeness (QED) is 0.496. The van der Waals surface area contributed by atoms with Crippen LogP contribution in [0.5, 0.6) is 0 Å². The van der Waals surface area contributed by atoms with Crippen LogP contribution in [-0.2, 0) is 4.74 Å². The molecule has 1 spiro atoms. The fourth-order valence-corrected chi connectivity index (χ4v) is 4.54. The molecule has 34 heavy (non-hydrogen) atoms. The number of rotatable bonds is 5. The highest BCUT2D eigenvalue weighted by Gasteiger charge is 2.48. The summed E-state index contributed by atoms with van der Waals surface area (Å²) < 4.78 is 33.7. The number of nitrogens with zero attached hydrogens (tertiary/aromatic N) is 4. The van der Waals surface area contributed by atoms with E-state index in [9.17, 15) is 13.6 Å². The van der Waals surface area contributed by atoms with Crippen LogP contribution in [0.25, 0.3) is 11.3 Å². The molecule has 0 radical (unpaired) electrons. The Morgan fingerprint density at radius 3 is 2.56 bits per heavy atom. The lowest BCUT2D eigenvalue weighted by Crippen LogP contribution is -2.39. The van der Waals surface area contributed by atoms with Crippen LogP contribution >= 0.6 is 12.4 Å². The van der Waals surface area contributed by atoms with E-state index >= 15 is 0 Å². The van der Waals surface area contributed by atoms with E-state index in [1.807, 2.05) is 0 Å². The van der Waals surface area contributed by atoms with E-state index in [2.05, 4.69) is 20.5 Å². The molecule has 3 heterocycles. The maximum Gasteiger partial charge on any atom is 0.415 e. The lowest BCUT2D eigenvalue weighted by Gasteiger charge is -2.35. The maximum atomic E-state index is 14.0. The molecule has 1 aliphatic carbocycles. The number of pyridine rings is 1. The summed E-state index contributed by atoms with van der Waals surface area (Å²) in [6.45, 7) is 1.04. The van der Waals surface area contributed by atoms with E-state index in [0.29, 0.717) is 48.9 Å². The molecule has 2 fully saturated rings. The van der Waals surface area contributed by atoms with Crippen molar-refractivity contribution in [2.45, 2.75) is 31.3 Å². The van der Waals surface area contributed by atoms with E-state index in [-0.39, 0.29) is 23.9 Å². The molecule has 2 aliphatic rings. The molecule has 10 heteroatoms. The van der Waals surface area contributed by atoms with Crippen molar-refractivity contribution in [3.8, 4) is 11.3 Å². The van der Waals surface area contributed by atoms with Crippen molar-refractivity contribution in [2.75, 3.05) is 23.3 Å². The average molecular weight is 488 g/mol. The Morgan fingerprint density at radius 1 is 1.06 bits per heavy atom. The topological polar surface area (TPSA) is 80.2 Å². The molecule has 7 nitrogen and oxygen atoms in total. The molecule has 0 atom stereocenters. The van der Waals surface area contributed by atoms with Crippen molar-refractivity contribution >= 4 is 30.0 Å². The van der Waals surface area contributed by atoms with Crippen molar-refractivity contribution in [1.29, 1.82) is 0 Å². The number of aromatic nitrogens is 3. The van der Waals surface area contributed by atoms with Crippen LogP contribution in [0.2, 0.25) is 0 Å². The minimum atomic E-state index is -0.675. The number of hydrogen-bond donors (Lipinski definition) is 1. The van der Waals surface area contributed by atoms with Crippen molar-refractivity contribution < 1.29 is 18.3 Å². The van der Waals surface area contributed by atoms with Crippen LogP contribution in [0.3, 0.4) is 0 Å². The highest BCUT2D eigenvalue weighted by molar-refractivity contribution is 5.90. The van der Waals surface area contributed by atoms with Crippen LogP contribution < -0.4 is 10.2 Å². The third-order valence-electron chi connectivity index (χ3n) is 6.40. The Bertz CT molecular complexity index is 1160. The lowest BCUT2D eigenvalue weighted by atomic mass is 9.78. The molecule has 1 amide bonds. The summed E-state index contributed by atoms with van der Waals surface area (Å²) in [7, 11) is 0. The first kappa shape index (κ1) is 23.8. The fraction of sp³-hybridized carbons (Fsp3) is 0.333. The Hall–Kier alpha value is -3.33. The van der Waals surface area contributed by atoms with Gasteiger partial charge in [0.15, 0.2) is 0 Å². The summed E-state index contributed by atoms with van der Waals surface area (Å²) in [6.07, 6.45) is 3.98. The number of carbonyl (C=O) groups is 1. The molecule has 1 aliphatic heterocycles. The molecule has 0 unspecified atom stereocenters. The van der Waals surface area contributed by atoms with Gasteiger partial charge in [0.2, 0.25) is 5.95 Å². The summed E-state index contributed by atoms with van der Waals surface area (Å²) in [4.78, 5) is 17.4. The molecule has 2 aromatic heterocycles. The number of hydrogen-bond acceptors (Lipinski definition) is 6. The third-order valence-corrected chi connectivity index (χ3v) is 6.40. The van der Waals surface area contributed by atoms with Gasteiger partial charge in [-0.1, -0.05) is 12.1 Å². The second-order valence-corrected chi connectivity index (χ2v) is 8.56. The molecule has 1 N–H and O–H groups in total. The molecule has 3 aromatic rings. The van der Waals surface area contributed by atoms with Gasteiger partial charge >= 0.3 is 6.09 Å². The number of anilines is 2. The van der Waals surface area contributed by atoms with E-state index in [0.717, 1.165) is 12.8 Å².